The van der Waals surface area contributed by atoms with Gasteiger partial charge in [-0.15, -0.1) is 0 Å². The fourth-order valence-electron chi connectivity index (χ4n) is 4.12. The summed E-state index contributed by atoms with van der Waals surface area (Å²) in [4.78, 5) is 24.2. The van der Waals surface area contributed by atoms with Gasteiger partial charge in [-0.25, -0.2) is 9.07 Å². The molecule has 1 atom stereocenters. The molecule has 1 heterocycles. The molecule has 3 N–H and O–H groups in total. The highest BCUT2D eigenvalue weighted by atomic mass is 19.1. The average molecular weight is 437 g/mol. The second kappa shape index (κ2) is 9.21. The van der Waals surface area contributed by atoms with Crippen LogP contribution >= 0.6 is 0 Å². The van der Waals surface area contributed by atoms with Gasteiger partial charge in [0, 0.05) is 6.07 Å². The number of rotatable bonds is 7. The molecule has 4 rings (SSSR count). The van der Waals surface area contributed by atoms with E-state index in [2.05, 4.69) is 10.4 Å². The lowest BCUT2D eigenvalue weighted by Crippen LogP contribution is -2.30. The maximum atomic E-state index is 13.2. The molecule has 1 amide bonds. The first-order valence-electron chi connectivity index (χ1n) is 10.6. The maximum absolute atomic E-state index is 13.2. The van der Waals surface area contributed by atoms with E-state index in [9.17, 15) is 24.2 Å². The number of carbonyl (C=O) groups is 2. The number of aromatic nitrogens is 2. The second-order valence-electron chi connectivity index (χ2n) is 8.02. The zero-order chi connectivity index (χ0) is 22.7. The van der Waals surface area contributed by atoms with Gasteiger partial charge in [-0.1, -0.05) is 49.2 Å². The molecule has 1 aliphatic rings. The Morgan fingerprint density at radius 3 is 2.25 bits per heavy atom. The van der Waals surface area contributed by atoms with Gasteiger partial charge in [-0.05, 0) is 41.7 Å². The number of amides is 1. The molecule has 8 heteroatoms. The van der Waals surface area contributed by atoms with Crippen LogP contribution in [0.5, 0.6) is 5.88 Å². The molecule has 1 fully saturated rings. The van der Waals surface area contributed by atoms with E-state index in [4.69, 9.17) is 0 Å². The predicted molar refractivity (Wildman–Crippen MR) is 116 cm³/mol. The van der Waals surface area contributed by atoms with E-state index in [1.165, 1.54) is 22.9 Å². The van der Waals surface area contributed by atoms with E-state index in [-0.39, 0.29) is 29.9 Å². The Morgan fingerprint density at radius 1 is 1.06 bits per heavy atom. The molecular weight excluding hydrogens is 413 g/mol. The number of aliphatic carboxylic acids is 1. The molecule has 0 radical (unpaired) electrons. The first-order chi connectivity index (χ1) is 15.4. The first-order valence-corrected chi connectivity index (χ1v) is 10.6. The fraction of sp³-hybridized carbons (Fsp3) is 0.292. The standard InChI is InChI=1S/C24H24FN3O4/c25-18-11-9-16(10-12-18)15-5-7-17(8-6-15)20(14-23(30)31)26-24(32)21-13-22(29)28(27-21)19-3-1-2-4-19/h5-13,19-20,29H,1-4,14H2,(H,26,32)(H,30,31). The van der Waals surface area contributed by atoms with Gasteiger partial charge in [0.25, 0.3) is 5.91 Å². The summed E-state index contributed by atoms with van der Waals surface area (Å²) < 4.78 is 14.6. The zero-order valence-electron chi connectivity index (χ0n) is 17.4. The minimum absolute atomic E-state index is 0.0488. The van der Waals surface area contributed by atoms with Crippen LogP contribution in [0.3, 0.4) is 0 Å². The Morgan fingerprint density at radius 2 is 1.66 bits per heavy atom. The highest BCUT2D eigenvalue weighted by Gasteiger charge is 2.25. The molecular formula is C24H24FN3O4. The first kappa shape index (κ1) is 21.5. The smallest absolute Gasteiger partial charge is 0.305 e. The largest absolute Gasteiger partial charge is 0.493 e. The van der Waals surface area contributed by atoms with Gasteiger partial charge in [0.2, 0.25) is 5.88 Å². The van der Waals surface area contributed by atoms with Crippen molar-refractivity contribution < 1.29 is 24.2 Å². The molecule has 166 valence electrons. The van der Waals surface area contributed by atoms with Crippen LogP contribution in [0.15, 0.2) is 54.6 Å². The van der Waals surface area contributed by atoms with Crippen LogP contribution in [-0.4, -0.2) is 31.9 Å². The van der Waals surface area contributed by atoms with Crippen molar-refractivity contribution in [3.63, 3.8) is 0 Å². The Bertz CT molecular complexity index is 1100. The molecule has 1 unspecified atom stereocenters. The van der Waals surface area contributed by atoms with Gasteiger partial charge >= 0.3 is 5.97 Å². The second-order valence-corrected chi connectivity index (χ2v) is 8.02. The highest BCUT2D eigenvalue weighted by Crippen LogP contribution is 2.32. The number of nitrogens with zero attached hydrogens (tertiary/aromatic N) is 2. The Labute approximate surface area is 184 Å². The summed E-state index contributed by atoms with van der Waals surface area (Å²) in [5, 5.41) is 26.5. The number of aromatic hydroxyl groups is 1. The zero-order valence-corrected chi connectivity index (χ0v) is 17.4. The predicted octanol–water partition coefficient (Wildman–Crippen LogP) is 4.46. The van der Waals surface area contributed by atoms with Crippen molar-refractivity contribution in [1.29, 1.82) is 0 Å². The van der Waals surface area contributed by atoms with Crippen LogP contribution in [0.25, 0.3) is 11.1 Å². The van der Waals surface area contributed by atoms with Crippen LogP contribution in [0, 0.1) is 5.82 Å². The third-order valence-electron chi connectivity index (χ3n) is 5.79. The number of carbonyl (C=O) groups excluding carboxylic acids is 1. The summed E-state index contributed by atoms with van der Waals surface area (Å²) in [6.07, 6.45) is 3.60. The van der Waals surface area contributed by atoms with E-state index in [0.29, 0.717) is 5.56 Å². The third-order valence-corrected chi connectivity index (χ3v) is 5.79. The SMILES string of the molecule is O=C(O)CC(NC(=O)c1cc(O)n(C2CCCC2)n1)c1ccc(-c2ccc(F)cc2)cc1. The summed E-state index contributed by atoms with van der Waals surface area (Å²) in [6, 6.07) is 13.7. The molecule has 0 aliphatic heterocycles. The molecule has 32 heavy (non-hydrogen) atoms. The molecule has 0 saturated heterocycles. The lowest BCUT2D eigenvalue weighted by atomic mass is 9.99. The summed E-state index contributed by atoms with van der Waals surface area (Å²) in [5.41, 5.74) is 2.33. The molecule has 0 spiro atoms. The summed E-state index contributed by atoms with van der Waals surface area (Å²) in [6.45, 7) is 0. The lowest BCUT2D eigenvalue weighted by molar-refractivity contribution is -0.137. The average Bonchev–Trinajstić information content (AvgIpc) is 3.43. The Kier molecular flexibility index (Phi) is 6.20. The topological polar surface area (TPSA) is 104 Å². The summed E-state index contributed by atoms with van der Waals surface area (Å²) in [5.74, 6) is -2.00. The molecule has 3 aromatic rings. The molecule has 1 aromatic heterocycles. The third kappa shape index (κ3) is 4.80. The summed E-state index contributed by atoms with van der Waals surface area (Å²) >= 11 is 0. The fourth-order valence-corrected chi connectivity index (χ4v) is 4.12. The number of nitrogens with one attached hydrogen (secondary N) is 1. The summed E-state index contributed by atoms with van der Waals surface area (Å²) in [7, 11) is 0. The van der Waals surface area contributed by atoms with Crippen molar-refractivity contribution in [2.75, 3.05) is 0 Å². The minimum Gasteiger partial charge on any atom is -0.493 e. The van der Waals surface area contributed by atoms with Gasteiger partial charge in [-0.2, -0.15) is 5.10 Å². The van der Waals surface area contributed by atoms with Crippen molar-refractivity contribution >= 4 is 11.9 Å². The number of carboxylic acid groups (broad SMARTS) is 1. The highest BCUT2D eigenvalue weighted by molar-refractivity contribution is 5.93. The van der Waals surface area contributed by atoms with Crippen LogP contribution < -0.4 is 5.32 Å². The van der Waals surface area contributed by atoms with E-state index >= 15 is 0 Å². The molecule has 1 aliphatic carbocycles. The van der Waals surface area contributed by atoms with Gasteiger partial charge in [0.15, 0.2) is 5.69 Å². The van der Waals surface area contributed by atoms with Crippen molar-refractivity contribution in [3.05, 3.63) is 71.7 Å². The van der Waals surface area contributed by atoms with Crippen molar-refractivity contribution in [3.8, 4) is 17.0 Å². The molecule has 1 saturated carbocycles. The lowest BCUT2D eigenvalue weighted by Gasteiger charge is -2.17. The van der Waals surface area contributed by atoms with Crippen LogP contribution in [0.1, 0.15) is 60.2 Å². The van der Waals surface area contributed by atoms with E-state index in [1.54, 1.807) is 36.4 Å². The van der Waals surface area contributed by atoms with Crippen LogP contribution in [0.4, 0.5) is 4.39 Å². The van der Waals surface area contributed by atoms with E-state index in [1.807, 2.05) is 0 Å². The number of benzene rings is 2. The van der Waals surface area contributed by atoms with Gasteiger partial charge in [0.1, 0.15) is 5.82 Å². The van der Waals surface area contributed by atoms with E-state index < -0.39 is 17.9 Å². The Hall–Kier alpha value is -3.68. The monoisotopic (exact) mass is 437 g/mol. The molecule has 0 bridgehead atoms. The van der Waals surface area contributed by atoms with Gasteiger partial charge in [-0.3, -0.25) is 9.59 Å². The number of hydrogen-bond donors (Lipinski definition) is 3. The number of hydrogen-bond acceptors (Lipinski definition) is 4. The van der Waals surface area contributed by atoms with Crippen molar-refractivity contribution in [2.24, 2.45) is 0 Å². The minimum atomic E-state index is -1.06. The van der Waals surface area contributed by atoms with Crippen molar-refractivity contribution in [1.82, 2.24) is 15.1 Å². The van der Waals surface area contributed by atoms with Gasteiger partial charge < -0.3 is 15.5 Å². The van der Waals surface area contributed by atoms with Crippen LogP contribution in [0.2, 0.25) is 0 Å². The molecule has 2 aromatic carbocycles. The normalized spacial score (nSPS) is 14.9. The maximum Gasteiger partial charge on any atom is 0.305 e. The number of carboxylic acids is 1. The quantitative estimate of drug-likeness (QED) is 0.506. The Balaban J connectivity index is 1.52. The van der Waals surface area contributed by atoms with Crippen LogP contribution in [-0.2, 0) is 4.79 Å². The van der Waals surface area contributed by atoms with Crippen molar-refractivity contribution in [2.45, 2.75) is 44.2 Å². The number of halogens is 1. The van der Waals surface area contributed by atoms with E-state index in [0.717, 1.165) is 36.8 Å². The van der Waals surface area contributed by atoms with Gasteiger partial charge in [0.05, 0.1) is 18.5 Å². The molecule has 7 nitrogen and oxygen atoms in total.